The van der Waals surface area contributed by atoms with Crippen molar-refractivity contribution in [1.82, 2.24) is 39.5 Å². The number of nitrogens with one attached hydrogen (secondary N) is 3. The third-order valence-electron chi connectivity index (χ3n) is 17.8. The molecule has 2 aliphatic carbocycles. The van der Waals surface area contributed by atoms with E-state index in [1.165, 1.54) is 108 Å². The Balaban J connectivity index is 0.000000668. The zero-order chi connectivity index (χ0) is 73.5. The Morgan fingerprint density at radius 2 is 1.10 bits per heavy atom. The molecule has 6 aromatic rings. The van der Waals surface area contributed by atoms with Crippen molar-refractivity contribution in [2.24, 2.45) is 0 Å². The molecule has 19 nitrogen and oxygen atoms in total. The normalized spacial score (nSPS) is 15.3. The molecule has 2 saturated carbocycles. The molecular formula is C74H104BCl3N13O6P2Pd-. The monoisotopic (exact) mass is 1550 g/mol. The van der Waals surface area contributed by atoms with E-state index in [2.05, 4.69) is 177 Å². The molecule has 4 aliphatic rings. The first-order valence-corrected chi connectivity index (χ1v) is 39.7. The molecular weight excluding hydrogens is 1450 g/mol. The van der Waals surface area contributed by atoms with E-state index in [-0.39, 0.29) is 85.2 Å². The molecule has 2 aromatic heterocycles. The summed E-state index contributed by atoms with van der Waals surface area (Å²) in [7, 11) is 18.4. The van der Waals surface area contributed by atoms with E-state index in [1.54, 1.807) is 33.6 Å². The van der Waals surface area contributed by atoms with Crippen LogP contribution in [0.4, 0.5) is 11.4 Å². The predicted molar refractivity (Wildman–Crippen MR) is 418 cm³/mol. The summed E-state index contributed by atoms with van der Waals surface area (Å²) in [6, 6.07) is 21.8. The van der Waals surface area contributed by atoms with Crippen LogP contribution in [-0.4, -0.2) is 146 Å². The fourth-order valence-electron chi connectivity index (χ4n) is 12.3. The number of rotatable bonds is 11. The second-order valence-electron chi connectivity index (χ2n) is 26.2. The molecule has 2 aliphatic heterocycles. The number of halogens is 3. The van der Waals surface area contributed by atoms with Crippen LogP contribution in [0.5, 0.6) is 0 Å². The van der Waals surface area contributed by atoms with Crippen LogP contribution < -0.4 is 16.4 Å². The van der Waals surface area contributed by atoms with E-state index >= 15 is 0 Å². The van der Waals surface area contributed by atoms with Gasteiger partial charge in [0, 0.05) is 78.0 Å². The van der Waals surface area contributed by atoms with Crippen molar-refractivity contribution in [1.29, 1.82) is 15.7 Å². The van der Waals surface area contributed by atoms with Gasteiger partial charge in [0.25, 0.3) is 22.5 Å². The summed E-state index contributed by atoms with van der Waals surface area (Å²) in [5, 5.41) is 43.8. The van der Waals surface area contributed by atoms with E-state index in [1.807, 2.05) is 13.8 Å². The first-order chi connectivity index (χ1) is 46.6. The van der Waals surface area contributed by atoms with Crippen molar-refractivity contribution in [2.75, 3.05) is 66.5 Å². The van der Waals surface area contributed by atoms with Crippen molar-refractivity contribution in [2.45, 2.75) is 188 Å². The first-order valence-electron chi connectivity index (χ1n) is 32.9. The maximum absolute atomic E-state index is 11.9. The predicted octanol–water partition coefficient (Wildman–Crippen LogP) is 17.7. The number of aromatic nitrogens is 4. The number of hydrogen-bond donors (Lipinski definition) is 3. The number of fused-ring (bicyclic) bond motifs is 2. The van der Waals surface area contributed by atoms with Crippen LogP contribution in [-0.2, 0) is 15.9 Å². The molecule has 2 saturated heterocycles. The van der Waals surface area contributed by atoms with E-state index in [9.17, 15) is 29.8 Å². The average molecular weight is 1560 g/mol. The molecule has 546 valence electrons. The van der Waals surface area contributed by atoms with E-state index in [0.717, 1.165) is 69.7 Å². The van der Waals surface area contributed by atoms with Crippen molar-refractivity contribution in [3.63, 3.8) is 0 Å². The number of hydrogen-bond acceptors (Lipinski definition) is 15. The topological polar surface area (TPSA) is 262 Å². The maximum atomic E-state index is 11.9. The van der Waals surface area contributed by atoms with Gasteiger partial charge in [-0.2, -0.15) is 5.26 Å². The third kappa shape index (κ3) is 27.7. The van der Waals surface area contributed by atoms with Crippen LogP contribution in [0.25, 0.3) is 32.9 Å². The Morgan fingerprint density at radius 1 is 0.710 bits per heavy atom. The van der Waals surface area contributed by atoms with Crippen LogP contribution in [0, 0.1) is 80.2 Å². The Bertz CT molecular complexity index is 3800. The molecule has 0 atom stereocenters. The van der Waals surface area contributed by atoms with Crippen LogP contribution >= 0.6 is 46.8 Å². The number of benzene rings is 4. The van der Waals surface area contributed by atoms with Crippen LogP contribution in [0.15, 0.2) is 82.9 Å². The van der Waals surface area contributed by atoms with E-state index < -0.39 is 26.5 Å². The van der Waals surface area contributed by atoms with Gasteiger partial charge in [0.2, 0.25) is 0 Å². The van der Waals surface area contributed by atoms with Gasteiger partial charge in [0.15, 0.2) is 7.57 Å². The fourth-order valence-corrected chi connectivity index (χ4v) is 16.5. The number of nitriles is 2. The Hall–Kier alpha value is -5.97. The van der Waals surface area contributed by atoms with Gasteiger partial charge in [-0.1, -0.05) is 169 Å². The van der Waals surface area contributed by atoms with Gasteiger partial charge in [-0.15, -0.1) is 6.42 Å². The zero-order valence-corrected chi connectivity index (χ0v) is 65.7. The standard InChI is InChI=1S/C33H49P.C18H21N5O3.C10H18N2.C8H4ClN3O3.C2H3N.CHN.CH4.CH3.BHNP.2ClH.Pd/c1-23(2)26-21-30(24(3)4)33(31(22-26)25(5)6)29-19-13-14-20-32(29)34(27-15-9-7-10-16-27)28-17-11-8-12-18-28;1-18(2,22-8-6-21(3)7-9-22)5-4-13-10-15-14(11-16(13)23(25)26)17(24)20-12-19-15;1-5-10(2,3)12-8-6-11(4)7-9-12;9-5-2-6-4(1-7(5)12(14)15)8(13)11-3-10-6;1-2-3;1-2;;;1-3-2;;;/h13-14,19-25,27-28H,7-12,15-18H2,1-6H3;10-12H,6-9H2,1-3H3,(H,19,20,24);1H,6-9H2,2-4H3;1-3H,(H,10,11,13);1H3;1H;1H4;1H3;2H;2*1H;/q;;;;;;;-1;;;;+2/p-2. The Kier molecular flexibility index (Phi) is 42.9. The molecule has 3 N–H and O–H groups in total. The average Bonchev–Trinajstić information content (AvgIpc) is 0.782. The molecule has 2 radical (unpaired) electrons. The quantitative estimate of drug-likeness (QED) is 0.0272. The van der Waals surface area contributed by atoms with E-state index in [4.69, 9.17) is 52.8 Å². The van der Waals surface area contributed by atoms with Crippen molar-refractivity contribution in [3.8, 4) is 48.0 Å². The minimum atomic E-state index is -0.645. The van der Waals surface area contributed by atoms with Crippen molar-refractivity contribution in [3.05, 3.63) is 149 Å². The van der Waals surface area contributed by atoms with Crippen molar-refractivity contribution >= 4 is 92.9 Å². The summed E-state index contributed by atoms with van der Waals surface area (Å²) in [6.07, 6.45) is 22.6. The molecule has 4 aromatic carbocycles. The molecule has 0 spiro atoms. The van der Waals surface area contributed by atoms with Gasteiger partial charge < -0.3 is 27.2 Å². The molecule has 4 heterocycles. The number of nitrogens with zero attached hydrogens (tertiary/aromatic N) is 10. The molecule has 10 rings (SSSR count). The number of likely N-dealkylation sites (N-methyl/N-ethyl adjacent to an activating group) is 2. The number of aromatic amines is 2. The van der Waals surface area contributed by atoms with Crippen LogP contribution in [0.2, 0.25) is 5.02 Å². The first kappa shape index (κ1) is 92.0. The minimum absolute atomic E-state index is 0. The van der Waals surface area contributed by atoms with Gasteiger partial charge in [0.1, 0.15) is 10.6 Å². The van der Waals surface area contributed by atoms with Gasteiger partial charge in [0.05, 0.1) is 61.5 Å². The third-order valence-corrected chi connectivity index (χ3v) is 21.7. The summed E-state index contributed by atoms with van der Waals surface area (Å²) < 4.78 is 0. The fraction of sp³-hybridized carbons (Fsp3) is 0.527. The molecule has 0 amide bonds. The van der Waals surface area contributed by atoms with Crippen molar-refractivity contribution < 1.29 is 25.8 Å². The number of H-pyrrole nitrogens is 2. The summed E-state index contributed by atoms with van der Waals surface area (Å²) in [6.45, 7) is 35.7. The summed E-state index contributed by atoms with van der Waals surface area (Å²) >= 11 is 5.55. The van der Waals surface area contributed by atoms with Gasteiger partial charge >= 0.3 is 35.0 Å². The van der Waals surface area contributed by atoms with Gasteiger partial charge in [-0.05, 0) is 142 Å². The SMILES string of the molecule is C.C#CC(C)(C)N1CCN(C)CC1.C#N.CC#N.CC(C)c1cc(C(C)C)c(-c2ccccc2P(C2CCCCC2)C2CCCCC2)c(C(C)C)c1.CN1CCN(C(C)(C)C#Cc2cc3nc[nH]c(=O)c3cc2[N+](=O)[O-])CC1.O=c1[nH]cnc2cc(Cl)c([N+](=O)[O-])cc12.[B]P=N.[CH3-].[Cl][Pd][Cl]. The summed E-state index contributed by atoms with van der Waals surface area (Å²) in [4.78, 5) is 65.9. The molecule has 4 fully saturated rings. The zero-order valence-electron chi connectivity index (χ0n) is 60.0. The molecule has 0 unspecified atom stereocenters. The summed E-state index contributed by atoms with van der Waals surface area (Å²) in [5.41, 5.74) is 8.89. The number of terminal acetylenes is 1. The van der Waals surface area contributed by atoms with Gasteiger partial charge in [-0.3, -0.25) is 44.8 Å². The second-order valence-corrected chi connectivity index (χ2v) is 32.0. The van der Waals surface area contributed by atoms with Gasteiger partial charge in [-0.25, -0.2) is 15.2 Å². The number of nitro benzene ring substituents is 2. The molecule has 26 heteroatoms. The Morgan fingerprint density at radius 3 is 1.49 bits per heavy atom. The molecule has 100 heavy (non-hydrogen) atoms. The number of nitro groups is 2. The Labute approximate surface area is 620 Å². The van der Waals surface area contributed by atoms with E-state index in [0.29, 0.717) is 28.8 Å². The second kappa shape index (κ2) is 46.6. The number of piperazine rings is 2. The molecule has 0 bridgehead atoms. The van der Waals surface area contributed by atoms with Crippen LogP contribution in [0.1, 0.15) is 188 Å². The van der Waals surface area contributed by atoms with Crippen LogP contribution in [0.3, 0.4) is 0 Å². The summed E-state index contributed by atoms with van der Waals surface area (Å²) in [5.74, 6) is 10.6.